The van der Waals surface area contributed by atoms with Crippen LogP contribution in [0.4, 0.5) is 0 Å². The monoisotopic (exact) mass is 398 g/mol. The Morgan fingerprint density at radius 2 is 0.840 bits per heavy atom. The third-order valence-electron chi connectivity index (χ3n) is 2.83. The molecule has 13 heteroatoms. The SMILES string of the molecule is CCO.O=P(O)(O)O.OCC(CO)(CO)COCC(CO)(CO)CO. The van der Waals surface area contributed by atoms with Gasteiger partial charge in [0.15, 0.2) is 0 Å². The first-order chi connectivity index (χ1) is 11.5. The Hall–Kier alpha value is -0.210. The molecule has 12 nitrogen and oxygen atoms in total. The molecule has 0 radical (unpaired) electrons. The number of ether oxygens (including phenoxy) is 1. The third kappa shape index (κ3) is 17.0. The summed E-state index contributed by atoms with van der Waals surface area (Å²) in [4.78, 5) is 21.6. The first kappa shape index (κ1) is 29.5. The van der Waals surface area contributed by atoms with E-state index in [2.05, 4.69) is 0 Å². The number of hydrogen-bond acceptors (Lipinski definition) is 9. The lowest BCUT2D eigenvalue weighted by Gasteiger charge is -2.31. The summed E-state index contributed by atoms with van der Waals surface area (Å²) >= 11 is 0. The Labute approximate surface area is 145 Å². The minimum Gasteiger partial charge on any atom is -0.397 e. The van der Waals surface area contributed by atoms with Gasteiger partial charge in [-0.15, -0.1) is 0 Å². The van der Waals surface area contributed by atoms with Gasteiger partial charge in [-0.05, 0) is 6.92 Å². The molecule has 0 aromatic heterocycles. The van der Waals surface area contributed by atoms with Crippen LogP contribution in [-0.2, 0) is 9.30 Å². The molecule has 0 aromatic carbocycles. The summed E-state index contributed by atoms with van der Waals surface area (Å²) in [5, 5.41) is 61.7. The second kappa shape index (κ2) is 16.0. The highest BCUT2D eigenvalue weighted by molar-refractivity contribution is 7.45. The predicted molar refractivity (Wildman–Crippen MR) is 85.2 cm³/mol. The van der Waals surface area contributed by atoms with Gasteiger partial charge in [-0.2, -0.15) is 0 Å². The van der Waals surface area contributed by atoms with Crippen LogP contribution < -0.4 is 0 Å². The molecular formula is C12H31O12P. The maximum atomic E-state index is 9.03. The summed E-state index contributed by atoms with van der Waals surface area (Å²) in [5.74, 6) is 0. The second-order valence-corrected chi connectivity index (χ2v) is 6.30. The Balaban J connectivity index is -0.000000504. The molecule has 0 heterocycles. The summed E-state index contributed by atoms with van der Waals surface area (Å²) in [6.45, 7) is -1.07. The van der Waals surface area contributed by atoms with Crippen molar-refractivity contribution in [2.75, 3.05) is 59.5 Å². The third-order valence-corrected chi connectivity index (χ3v) is 2.83. The van der Waals surface area contributed by atoms with Crippen LogP contribution in [0.25, 0.3) is 0 Å². The summed E-state index contributed by atoms with van der Waals surface area (Å²) in [6, 6.07) is 0. The lowest BCUT2D eigenvalue weighted by molar-refractivity contribution is -0.103. The number of aliphatic hydroxyl groups is 7. The molecule has 0 spiro atoms. The van der Waals surface area contributed by atoms with Gasteiger partial charge in [0.1, 0.15) is 0 Å². The van der Waals surface area contributed by atoms with Gasteiger partial charge in [0.2, 0.25) is 0 Å². The second-order valence-electron chi connectivity index (χ2n) is 5.27. The lowest BCUT2D eigenvalue weighted by Crippen LogP contribution is -2.43. The van der Waals surface area contributed by atoms with E-state index in [0.29, 0.717) is 0 Å². The highest BCUT2D eigenvalue weighted by atomic mass is 31.2. The zero-order valence-corrected chi connectivity index (χ0v) is 15.0. The van der Waals surface area contributed by atoms with Crippen LogP contribution in [-0.4, -0.2) is 110 Å². The molecule has 25 heavy (non-hydrogen) atoms. The van der Waals surface area contributed by atoms with E-state index in [-0.39, 0.29) is 19.8 Å². The molecule has 0 aliphatic rings. The number of phosphoric acid groups is 1. The topological polar surface area (TPSA) is 229 Å². The van der Waals surface area contributed by atoms with Crippen LogP contribution in [0.5, 0.6) is 0 Å². The zero-order chi connectivity index (χ0) is 20.6. The molecule has 0 amide bonds. The van der Waals surface area contributed by atoms with E-state index in [1.165, 1.54) is 0 Å². The molecule has 0 aliphatic heterocycles. The summed E-state index contributed by atoms with van der Waals surface area (Å²) in [5.41, 5.74) is -2.32. The van der Waals surface area contributed by atoms with E-state index in [9.17, 15) is 0 Å². The summed E-state index contributed by atoms with van der Waals surface area (Å²) in [7, 11) is -4.64. The standard InChI is InChI=1S/C10H22O7.C2H6O.H3O4P/c11-1-9(2-12,3-13)7-17-8-10(4-14,5-15)6-16;1-2-3;1-5(2,3)4/h11-16H,1-8H2;3H,2H2,1H3;(H3,1,2,3,4). The molecule has 0 saturated heterocycles. The van der Waals surface area contributed by atoms with Gasteiger partial charge >= 0.3 is 7.82 Å². The van der Waals surface area contributed by atoms with Crippen LogP contribution in [0, 0.1) is 10.8 Å². The Kier molecular flexibility index (Phi) is 18.9. The molecule has 0 unspecified atom stereocenters. The van der Waals surface area contributed by atoms with Crippen molar-refractivity contribution in [3.63, 3.8) is 0 Å². The quantitative estimate of drug-likeness (QED) is 0.159. The summed E-state index contributed by atoms with van der Waals surface area (Å²) in [6.07, 6.45) is 0. The molecule has 0 fully saturated rings. The van der Waals surface area contributed by atoms with Crippen LogP contribution in [0.15, 0.2) is 0 Å². The fourth-order valence-electron chi connectivity index (χ4n) is 1.06. The maximum absolute atomic E-state index is 9.03. The molecular weight excluding hydrogens is 367 g/mol. The Morgan fingerprint density at radius 1 is 0.680 bits per heavy atom. The fourth-order valence-corrected chi connectivity index (χ4v) is 1.06. The van der Waals surface area contributed by atoms with Crippen LogP contribution >= 0.6 is 7.82 Å². The van der Waals surface area contributed by atoms with E-state index in [1.807, 2.05) is 0 Å². The normalized spacial score (nSPS) is 12.0. The fraction of sp³-hybridized carbons (Fsp3) is 1.00. The van der Waals surface area contributed by atoms with Crippen molar-refractivity contribution in [1.82, 2.24) is 0 Å². The van der Waals surface area contributed by atoms with Crippen molar-refractivity contribution >= 4 is 7.82 Å². The largest absolute Gasteiger partial charge is 0.466 e. The van der Waals surface area contributed by atoms with Crippen LogP contribution in [0.2, 0.25) is 0 Å². The van der Waals surface area contributed by atoms with Crippen molar-refractivity contribution < 1.29 is 59.7 Å². The minimum absolute atomic E-state index is 0.141. The molecule has 0 aromatic rings. The maximum Gasteiger partial charge on any atom is 0.466 e. The number of rotatable bonds is 10. The van der Waals surface area contributed by atoms with Gasteiger partial charge in [0.25, 0.3) is 0 Å². The molecule has 0 rings (SSSR count). The molecule has 0 atom stereocenters. The van der Waals surface area contributed by atoms with Gasteiger partial charge in [0.05, 0.1) is 63.7 Å². The number of hydrogen-bond donors (Lipinski definition) is 10. The van der Waals surface area contributed by atoms with Crippen molar-refractivity contribution in [2.45, 2.75) is 6.92 Å². The van der Waals surface area contributed by atoms with Gasteiger partial charge < -0.3 is 55.2 Å². The molecule has 156 valence electrons. The van der Waals surface area contributed by atoms with E-state index in [0.717, 1.165) is 0 Å². The van der Waals surface area contributed by atoms with Gasteiger partial charge in [-0.3, -0.25) is 0 Å². The molecule has 0 bridgehead atoms. The highest BCUT2D eigenvalue weighted by Gasteiger charge is 2.32. The predicted octanol–water partition coefficient (Wildman–Crippen LogP) is -4.00. The van der Waals surface area contributed by atoms with E-state index in [1.54, 1.807) is 6.92 Å². The molecule has 0 aliphatic carbocycles. The summed E-state index contributed by atoms with van der Waals surface area (Å²) < 4.78 is 14.0. The highest BCUT2D eigenvalue weighted by Crippen LogP contribution is 2.25. The Morgan fingerprint density at radius 3 is 0.960 bits per heavy atom. The van der Waals surface area contributed by atoms with Crippen LogP contribution in [0.1, 0.15) is 6.92 Å². The van der Waals surface area contributed by atoms with E-state index < -0.39 is 58.3 Å². The Bertz CT molecular complexity index is 281. The average Bonchev–Trinajstić information content (AvgIpc) is 2.56. The molecule has 0 saturated carbocycles. The molecule has 10 N–H and O–H groups in total. The van der Waals surface area contributed by atoms with Crippen molar-refractivity contribution in [1.29, 1.82) is 0 Å². The first-order valence-corrected chi connectivity index (χ1v) is 8.67. The smallest absolute Gasteiger partial charge is 0.397 e. The van der Waals surface area contributed by atoms with Gasteiger partial charge in [-0.1, -0.05) is 0 Å². The van der Waals surface area contributed by atoms with Gasteiger partial charge in [-0.25, -0.2) is 4.57 Å². The van der Waals surface area contributed by atoms with Crippen molar-refractivity contribution in [3.8, 4) is 0 Å². The minimum atomic E-state index is -4.64. The zero-order valence-electron chi connectivity index (χ0n) is 14.1. The lowest BCUT2D eigenvalue weighted by atomic mass is 9.91. The van der Waals surface area contributed by atoms with Gasteiger partial charge in [0, 0.05) is 6.61 Å². The van der Waals surface area contributed by atoms with Crippen molar-refractivity contribution in [3.05, 3.63) is 0 Å². The first-order valence-electron chi connectivity index (χ1n) is 7.11. The van der Waals surface area contributed by atoms with Crippen molar-refractivity contribution in [2.24, 2.45) is 10.8 Å². The van der Waals surface area contributed by atoms with Crippen LogP contribution in [0.3, 0.4) is 0 Å². The average molecular weight is 398 g/mol. The van der Waals surface area contributed by atoms with E-state index in [4.69, 9.17) is 59.7 Å². The number of aliphatic hydroxyl groups excluding tert-OH is 7. The van der Waals surface area contributed by atoms with E-state index >= 15 is 0 Å².